The molecule has 4 aromatic carbocycles. The summed E-state index contributed by atoms with van der Waals surface area (Å²) >= 11 is 0. The molecule has 0 amide bonds. The van der Waals surface area contributed by atoms with Crippen LogP contribution >= 0.6 is 0 Å². The number of nitrogens with two attached hydrogens (primary N) is 3. The zero-order chi connectivity index (χ0) is 20.9. The highest BCUT2D eigenvalue weighted by molar-refractivity contribution is 5.45. The van der Waals surface area contributed by atoms with Crippen LogP contribution in [0.1, 0.15) is 33.4 Å². The number of rotatable bonds is 6. The van der Waals surface area contributed by atoms with Crippen molar-refractivity contribution in [3.05, 3.63) is 124 Å². The quantitative estimate of drug-likeness (QED) is 0.394. The summed E-state index contributed by atoms with van der Waals surface area (Å²) in [5, 5.41) is 0. The first-order chi connectivity index (χ1) is 14.5. The van der Waals surface area contributed by atoms with E-state index in [1.807, 2.05) is 36.4 Å². The zero-order valence-corrected chi connectivity index (χ0v) is 17.0. The Labute approximate surface area is 178 Å². The van der Waals surface area contributed by atoms with Gasteiger partial charge in [-0.2, -0.15) is 0 Å². The summed E-state index contributed by atoms with van der Waals surface area (Å²) in [6.07, 6.45) is 2.64. The van der Waals surface area contributed by atoms with Gasteiger partial charge in [0.1, 0.15) is 0 Å². The molecule has 0 aliphatic carbocycles. The van der Waals surface area contributed by atoms with Crippen molar-refractivity contribution >= 4 is 17.1 Å². The van der Waals surface area contributed by atoms with Crippen LogP contribution in [0.4, 0.5) is 17.1 Å². The average molecular weight is 394 g/mol. The summed E-state index contributed by atoms with van der Waals surface area (Å²) in [4.78, 5) is 0. The lowest BCUT2D eigenvalue weighted by Gasteiger charge is -2.12. The van der Waals surface area contributed by atoms with Crippen molar-refractivity contribution in [2.24, 2.45) is 0 Å². The van der Waals surface area contributed by atoms with Crippen LogP contribution in [0.3, 0.4) is 0 Å². The Kier molecular flexibility index (Phi) is 5.71. The molecule has 4 rings (SSSR count). The van der Waals surface area contributed by atoms with E-state index in [-0.39, 0.29) is 0 Å². The second-order valence-corrected chi connectivity index (χ2v) is 7.91. The van der Waals surface area contributed by atoms with E-state index in [4.69, 9.17) is 17.2 Å². The molecule has 0 bridgehead atoms. The molecule has 0 aliphatic rings. The predicted molar refractivity (Wildman–Crippen MR) is 127 cm³/mol. The maximum atomic E-state index is 5.84. The monoisotopic (exact) mass is 393 g/mol. The maximum absolute atomic E-state index is 5.84. The van der Waals surface area contributed by atoms with Gasteiger partial charge in [-0.3, -0.25) is 0 Å². The molecule has 3 heteroatoms. The van der Waals surface area contributed by atoms with Gasteiger partial charge in [0.15, 0.2) is 0 Å². The average Bonchev–Trinajstić information content (AvgIpc) is 2.73. The molecule has 0 radical (unpaired) electrons. The molecule has 4 aromatic rings. The lowest BCUT2D eigenvalue weighted by molar-refractivity contribution is 1.09. The topological polar surface area (TPSA) is 78.1 Å². The fourth-order valence-corrected chi connectivity index (χ4v) is 3.76. The number of hydrogen-bond donors (Lipinski definition) is 3. The Morgan fingerprint density at radius 2 is 0.567 bits per heavy atom. The fraction of sp³-hybridized carbons (Fsp3) is 0.111. The van der Waals surface area contributed by atoms with Gasteiger partial charge in [-0.1, -0.05) is 54.6 Å². The molecule has 0 fully saturated rings. The molecule has 0 aliphatic heterocycles. The van der Waals surface area contributed by atoms with E-state index in [9.17, 15) is 0 Å². The third-order valence-corrected chi connectivity index (χ3v) is 5.28. The highest BCUT2D eigenvalue weighted by atomic mass is 14.5. The molecule has 0 saturated carbocycles. The van der Waals surface area contributed by atoms with Crippen LogP contribution in [0.25, 0.3) is 0 Å². The Bertz CT molecular complexity index is 954. The van der Waals surface area contributed by atoms with E-state index in [0.717, 1.165) is 36.3 Å². The van der Waals surface area contributed by atoms with Gasteiger partial charge in [-0.25, -0.2) is 0 Å². The SMILES string of the molecule is Nc1ccc(Cc2cc(Cc3ccc(N)cc3)cc(Cc3ccc(N)cc3)c2)cc1. The van der Waals surface area contributed by atoms with Crippen LogP contribution < -0.4 is 17.2 Å². The van der Waals surface area contributed by atoms with Crippen LogP contribution in [0, 0.1) is 0 Å². The minimum atomic E-state index is 0.792. The van der Waals surface area contributed by atoms with Crippen LogP contribution in [-0.4, -0.2) is 0 Å². The van der Waals surface area contributed by atoms with Crippen molar-refractivity contribution in [3.8, 4) is 0 Å². The standard InChI is InChI=1S/C27H27N3/c28-25-7-1-19(2-8-25)13-22-16-23(14-20-3-9-26(29)10-4-20)18-24(17-22)15-21-5-11-27(30)12-6-21/h1-12,16-18H,13-15,28-30H2. The molecule has 0 aromatic heterocycles. The molecule has 30 heavy (non-hydrogen) atoms. The van der Waals surface area contributed by atoms with E-state index in [1.165, 1.54) is 33.4 Å². The normalized spacial score (nSPS) is 10.8. The number of nitrogen functional groups attached to an aromatic ring is 3. The highest BCUT2D eigenvalue weighted by Gasteiger charge is 2.06. The lowest BCUT2D eigenvalue weighted by Crippen LogP contribution is -1.98. The van der Waals surface area contributed by atoms with Gasteiger partial charge in [-0.05, 0) is 89.0 Å². The predicted octanol–water partition coefficient (Wildman–Crippen LogP) is 5.21. The smallest absolute Gasteiger partial charge is 0.0314 e. The molecule has 0 atom stereocenters. The first-order valence-electron chi connectivity index (χ1n) is 10.2. The summed E-state index contributed by atoms with van der Waals surface area (Å²) in [5.74, 6) is 0. The van der Waals surface area contributed by atoms with Gasteiger partial charge < -0.3 is 17.2 Å². The number of anilines is 3. The Hall–Kier alpha value is -3.72. The van der Waals surface area contributed by atoms with Crippen LogP contribution in [0.5, 0.6) is 0 Å². The molecular weight excluding hydrogens is 366 g/mol. The molecule has 0 spiro atoms. The van der Waals surface area contributed by atoms with E-state index >= 15 is 0 Å². The van der Waals surface area contributed by atoms with Crippen molar-refractivity contribution in [3.63, 3.8) is 0 Å². The van der Waals surface area contributed by atoms with Gasteiger partial charge in [0, 0.05) is 17.1 Å². The Balaban J connectivity index is 1.64. The number of benzene rings is 4. The summed E-state index contributed by atoms with van der Waals surface area (Å²) < 4.78 is 0. The van der Waals surface area contributed by atoms with Crippen molar-refractivity contribution < 1.29 is 0 Å². The van der Waals surface area contributed by atoms with Crippen LogP contribution in [0.15, 0.2) is 91.0 Å². The molecular formula is C27H27N3. The second-order valence-electron chi connectivity index (χ2n) is 7.91. The fourth-order valence-electron chi connectivity index (χ4n) is 3.76. The van der Waals surface area contributed by atoms with Gasteiger partial charge in [0.25, 0.3) is 0 Å². The van der Waals surface area contributed by atoms with E-state index in [2.05, 4.69) is 54.6 Å². The summed E-state index contributed by atoms with van der Waals surface area (Å²) in [5.41, 5.74) is 27.6. The summed E-state index contributed by atoms with van der Waals surface area (Å²) in [7, 11) is 0. The third-order valence-electron chi connectivity index (χ3n) is 5.28. The van der Waals surface area contributed by atoms with Crippen molar-refractivity contribution in [2.75, 3.05) is 17.2 Å². The Morgan fingerprint density at radius 1 is 0.333 bits per heavy atom. The third kappa shape index (κ3) is 5.21. The molecule has 0 unspecified atom stereocenters. The van der Waals surface area contributed by atoms with Crippen LogP contribution in [0.2, 0.25) is 0 Å². The van der Waals surface area contributed by atoms with Gasteiger partial charge in [-0.15, -0.1) is 0 Å². The van der Waals surface area contributed by atoms with Crippen molar-refractivity contribution in [1.82, 2.24) is 0 Å². The summed E-state index contributed by atoms with van der Waals surface area (Å²) in [6.45, 7) is 0. The first kappa shape index (κ1) is 19.6. The largest absolute Gasteiger partial charge is 0.399 e. The molecule has 3 nitrogen and oxygen atoms in total. The van der Waals surface area contributed by atoms with Gasteiger partial charge in [0.2, 0.25) is 0 Å². The highest BCUT2D eigenvalue weighted by Crippen LogP contribution is 2.21. The molecule has 6 N–H and O–H groups in total. The zero-order valence-electron chi connectivity index (χ0n) is 17.0. The molecule has 0 saturated heterocycles. The molecule has 150 valence electrons. The number of hydrogen-bond acceptors (Lipinski definition) is 3. The van der Waals surface area contributed by atoms with Crippen molar-refractivity contribution in [1.29, 1.82) is 0 Å². The van der Waals surface area contributed by atoms with Gasteiger partial charge >= 0.3 is 0 Å². The minimum absolute atomic E-state index is 0.792. The summed E-state index contributed by atoms with van der Waals surface area (Å²) in [6, 6.07) is 31.3. The second kappa shape index (κ2) is 8.75. The van der Waals surface area contributed by atoms with E-state index < -0.39 is 0 Å². The maximum Gasteiger partial charge on any atom is 0.0314 e. The van der Waals surface area contributed by atoms with E-state index in [1.54, 1.807) is 0 Å². The van der Waals surface area contributed by atoms with E-state index in [0.29, 0.717) is 0 Å². The Morgan fingerprint density at radius 3 is 0.800 bits per heavy atom. The molecule has 0 heterocycles. The van der Waals surface area contributed by atoms with Crippen LogP contribution in [-0.2, 0) is 19.3 Å². The minimum Gasteiger partial charge on any atom is -0.399 e. The van der Waals surface area contributed by atoms with Gasteiger partial charge in [0.05, 0.1) is 0 Å². The lowest BCUT2D eigenvalue weighted by atomic mass is 9.94. The van der Waals surface area contributed by atoms with Crippen molar-refractivity contribution in [2.45, 2.75) is 19.3 Å². The first-order valence-corrected chi connectivity index (χ1v) is 10.2.